The largest absolute Gasteiger partial charge is 0.411 e. The van der Waals surface area contributed by atoms with Crippen molar-refractivity contribution in [1.82, 2.24) is 14.6 Å². The Morgan fingerprint density at radius 3 is 2.35 bits per heavy atom. The molecule has 1 amide bonds. The fraction of sp³-hybridized carbons (Fsp3) is 0.500. The standard InChI is InChI=1S/C36H48N4O6S2/c1-23(2)20-40(48(45,46)30-14-11-27(12-15-30)19-37-44)21-33(41)32(17-26-9-7-6-8-10-26)39-36(43)34(24(3)4)31-16-13-28(35(31)42)18-29-22-47-25(5)38-29/h6-12,14-15,19,22-24,28,31-34,41,44H,13,16-18,20-21H2,1-5H3,(H,39,43)/b37-19+/t28?,31?,32-,33+,34+/m0/s1. The summed E-state index contributed by atoms with van der Waals surface area (Å²) in [6, 6.07) is 14.5. The zero-order valence-electron chi connectivity index (χ0n) is 28.3. The molecule has 2 aromatic carbocycles. The van der Waals surface area contributed by atoms with Crippen LogP contribution in [0.4, 0.5) is 0 Å². The van der Waals surface area contributed by atoms with Gasteiger partial charge in [0, 0.05) is 42.6 Å². The fourth-order valence-corrected chi connectivity index (χ4v) is 8.86. The van der Waals surface area contributed by atoms with E-state index in [1.54, 1.807) is 11.3 Å². The number of aromatic nitrogens is 1. The summed E-state index contributed by atoms with van der Waals surface area (Å²) in [5.74, 6) is -1.63. The van der Waals surface area contributed by atoms with Crippen LogP contribution >= 0.6 is 11.3 Å². The van der Waals surface area contributed by atoms with E-state index >= 15 is 0 Å². The van der Waals surface area contributed by atoms with Gasteiger partial charge in [-0.25, -0.2) is 13.4 Å². The number of aliphatic hydroxyl groups excluding tert-OH is 1. The van der Waals surface area contributed by atoms with Gasteiger partial charge in [0.15, 0.2) is 0 Å². The van der Waals surface area contributed by atoms with Gasteiger partial charge < -0.3 is 15.6 Å². The van der Waals surface area contributed by atoms with Crippen molar-refractivity contribution in [3.05, 3.63) is 81.8 Å². The number of aliphatic hydroxyl groups is 1. The Hall–Kier alpha value is -3.45. The third-order valence-corrected chi connectivity index (χ3v) is 11.6. The van der Waals surface area contributed by atoms with Gasteiger partial charge in [-0.1, -0.05) is 75.3 Å². The van der Waals surface area contributed by atoms with Gasteiger partial charge in [-0.3, -0.25) is 9.59 Å². The van der Waals surface area contributed by atoms with Gasteiger partial charge in [-0.05, 0) is 61.3 Å². The zero-order chi connectivity index (χ0) is 35.0. The monoisotopic (exact) mass is 696 g/mol. The second kappa shape index (κ2) is 16.8. The van der Waals surface area contributed by atoms with Gasteiger partial charge in [0.2, 0.25) is 15.9 Å². The van der Waals surface area contributed by atoms with Crippen LogP contribution in [0, 0.1) is 36.5 Å². The highest BCUT2D eigenvalue weighted by Gasteiger charge is 2.44. The van der Waals surface area contributed by atoms with Crippen molar-refractivity contribution < 1.29 is 28.3 Å². The first-order valence-electron chi connectivity index (χ1n) is 16.5. The number of oxime groups is 1. The van der Waals surface area contributed by atoms with Crippen molar-refractivity contribution in [3.8, 4) is 0 Å². The summed E-state index contributed by atoms with van der Waals surface area (Å²) >= 11 is 1.56. The number of sulfonamides is 1. The summed E-state index contributed by atoms with van der Waals surface area (Å²) in [5.41, 5.74) is 2.31. The van der Waals surface area contributed by atoms with Gasteiger partial charge >= 0.3 is 0 Å². The molecule has 0 saturated heterocycles. The lowest BCUT2D eigenvalue weighted by Gasteiger charge is -2.33. The molecule has 1 aliphatic carbocycles. The van der Waals surface area contributed by atoms with E-state index in [-0.39, 0.29) is 53.8 Å². The molecule has 1 saturated carbocycles. The van der Waals surface area contributed by atoms with Crippen LogP contribution in [0.15, 0.2) is 70.0 Å². The molecule has 1 heterocycles. The number of hydrogen-bond acceptors (Lipinski definition) is 9. The van der Waals surface area contributed by atoms with Crippen LogP contribution in [0.5, 0.6) is 0 Å². The maximum absolute atomic E-state index is 14.1. The molecule has 1 fully saturated rings. The molecule has 48 heavy (non-hydrogen) atoms. The maximum Gasteiger partial charge on any atom is 0.243 e. The van der Waals surface area contributed by atoms with Gasteiger partial charge in [0.25, 0.3) is 0 Å². The van der Waals surface area contributed by atoms with Crippen LogP contribution in [-0.4, -0.2) is 71.2 Å². The second-order valence-corrected chi connectivity index (χ2v) is 16.5. The predicted octanol–water partition coefficient (Wildman–Crippen LogP) is 5.10. The zero-order valence-corrected chi connectivity index (χ0v) is 30.0. The number of carbonyl (C=O) groups is 2. The van der Waals surface area contributed by atoms with E-state index in [9.17, 15) is 23.1 Å². The topological polar surface area (TPSA) is 149 Å². The molecule has 1 aromatic heterocycles. The molecule has 0 aliphatic heterocycles. The summed E-state index contributed by atoms with van der Waals surface area (Å²) in [5, 5.41) is 29.6. The maximum atomic E-state index is 14.1. The quantitative estimate of drug-likeness (QED) is 0.107. The van der Waals surface area contributed by atoms with Crippen molar-refractivity contribution in [2.24, 2.45) is 34.7 Å². The summed E-state index contributed by atoms with van der Waals surface area (Å²) in [4.78, 5) is 32.4. The van der Waals surface area contributed by atoms with E-state index in [0.717, 1.165) is 16.3 Å². The first-order valence-corrected chi connectivity index (χ1v) is 18.9. The lowest BCUT2D eigenvalue weighted by molar-refractivity contribution is -0.136. The molecule has 260 valence electrons. The number of thiazole rings is 1. The van der Waals surface area contributed by atoms with Crippen molar-refractivity contribution in [3.63, 3.8) is 0 Å². The molecule has 3 aromatic rings. The SMILES string of the molecule is Cc1nc(CC2CCC([C@H](C(=O)N[C@@H](Cc3ccccc3)[C@H](O)CN(CC(C)C)S(=O)(=O)c3ccc(/C=N/O)cc3)C(C)C)C2=O)cs1. The number of amides is 1. The Morgan fingerprint density at radius 2 is 1.77 bits per heavy atom. The van der Waals surface area contributed by atoms with Crippen LogP contribution < -0.4 is 5.32 Å². The van der Waals surface area contributed by atoms with Crippen molar-refractivity contribution >= 4 is 39.3 Å². The summed E-state index contributed by atoms with van der Waals surface area (Å²) in [7, 11) is -4.03. The Morgan fingerprint density at radius 1 is 1.08 bits per heavy atom. The van der Waals surface area contributed by atoms with Crippen LogP contribution in [0.2, 0.25) is 0 Å². The molecule has 0 spiro atoms. The minimum atomic E-state index is -4.03. The number of nitrogens with one attached hydrogen (secondary N) is 1. The molecule has 2 unspecified atom stereocenters. The molecule has 4 rings (SSSR count). The van der Waals surface area contributed by atoms with Gasteiger partial charge in [0.1, 0.15) is 5.78 Å². The van der Waals surface area contributed by atoms with E-state index in [1.165, 1.54) is 34.8 Å². The van der Waals surface area contributed by atoms with E-state index in [4.69, 9.17) is 5.21 Å². The third kappa shape index (κ3) is 9.58. The van der Waals surface area contributed by atoms with E-state index < -0.39 is 34.0 Å². The number of nitrogens with zero attached hydrogens (tertiary/aromatic N) is 3. The minimum absolute atomic E-state index is 0.0380. The molecule has 10 nitrogen and oxygen atoms in total. The van der Waals surface area contributed by atoms with Gasteiger partial charge in [-0.15, -0.1) is 11.3 Å². The number of benzene rings is 2. The number of Topliss-reactive ketones (excluding diaryl/α,β-unsaturated/α-hetero) is 1. The smallest absolute Gasteiger partial charge is 0.243 e. The molecule has 3 N–H and O–H groups in total. The average Bonchev–Trinajstić information content (AvgIpc) is 3.61. The number of hydrogen-bond donors (Lipinski definition) is 3. The van der Waals surface area contributed by atoms with E-state index in [2.05, 4.69) is 15.5 Å². The third-order valence-electron chi connectivity index (χ3n) is 8.95. The second-order valence-electron chi connectivity index (χ2n) is 13.5. The summed E-state index contributed by atoms with van der Waals surface area (Å²) in [6.45, 7) is 9.51. The highest BCUT2D eigenvalue weighted by Crippen LogP contribution is 2.38. The van der Waals surface area contributed by atoms with Gasteiger partial charge in [-0.2, -0.15) is 4.31 Å². The van der Waals surface area contributed by atoms with E-state index in [1.807, 2.05) is 70.3 Å². The molecule has 1 aliphatic rings. The normalized spacial score (nSPS) is 19.0. The van der Waals surface area contributed by atoms with Gasteiger partial charge in [0.05, 0.1) is 34.0 Å². The summed E-state index contributed by atoms with van der Waals surface area (Å²) < 4.78 is 29.0. The Bertz CT molecular complexity index is 1640. The minimum Gasteiger partial charge on any atom is -0.411 e. The molecular weight excluding hydrogens is 649 g/mol. The Kier molecular flexibility index (Phi) is 13.1. The predicted molar refractivity (Wildman–Crippen MR) is 188 cm³/mol. The molecule has 12 heteroatoms. The van der Waals surface area contributed by atoms with Crippen LogP contribution in [0.25, 0.3) is 0 Å². The summed E-state index contributed by atoms with van der Waals surface area (Å²) in [6.07, 6.45) is 2.10. The molecule has 0 radical (unpaired) electrons. The van der Waals surface area contributed by atoms with E-state index in [0.29, 0.717) is 24.8 Å². The lowest BCUT2D eigenvalue weighted by Crippen LogP contribution is -2.53. The number of ketones is 1. The molecule has 5 atom stereocenters. The van der Waals surface area contributed by atoms with Crippen LogP contribution in [-0.2, 0) is 32.5 Å². The first-order chi connectivity index (χ1) is 22.8. The van der Waals surface area contributed by atoms with Crippen molar-refractivity contribution in [2.45, 2.75) is 77.3 Å². The molecule has 0 bridgehead atoms. The Balaban J connectivity index is 1.57. The van der Waals surface area contributed by atoms with Crippen molar-refractivity contribution in [2.75, 3.05) is 13.1 Å². The van der Waals surface area contributed by atoms with Crippen molar-refractivity contribution in [1.29, 1.82) is 0 Å². The fourth-order valence-electron chi connectivity index (χ4n) is 6.62. The molecular formula is C36H48N4O6S2. The van der Waals surface area contributed by atoms with Crippen LogP contribution in [0.1, 0.15) is 62.4 Å². The number of carbonyl (C=O) groups excluding carboxylic acids is 2. The average molecular weight is 697 g/mol. The Labute approximate surface area is 288 Å². The lowest BCUT2D eigenvalue weighted by atomic mass is 9.80. The van der Waals surface area contributed by atoms with Crippen LogP contribution in [0.3, 0.4) is 0 Å². The number of aryl methyl sites for hydroxylation is 1. The highest BCUT2D eigenvalue weighted by molar-refractivity contribution is 7.89. The number of rotatable bonds is 16. The highest BCUT2D eigenvalue weighted by atomic mass is 32.2. The first kappa shape index (κ1) is 37.4.